The molecule has 98 valence electrons. The Morgan fingerprint density at radius 1 is 0.882 bits per heavy atom. The Kier molecular flexibility index (Phi) is 7.23. The van der Waals surface area contributed by atoms with Gasteiger partial charge in [0.2, 0.25) is 0 Å². The van der Waals surface area contributed by atoms with E-state index in [0.717, 1.165) is 0 Å². The van der Waals surface area contributed by atoms with E-state index in [0.29, 0.717) is 12.1 Å². The molecular weight excluding hydrogens is 210 g/mol. The van der Waals surface area contributed by atoms with Gasteiger partial charge >= 0.3 is 0 Å². The molecule has 0 aromatic heterocycles. The zero-order chi connectivity index (χ0) is 12.5. The fourth-order valence-corrected chi connectivity index (χ4v) is 3.06. The van der Waals surface area contributed by atoms with E-state index in [4.69, 9.17) is 11.1 Å². The molecule has 17 heavy (non-hydrogen) atoms. The predicted octanol–water partition coefficient (Wildman–Crippen LogP) is 3.36. The molecule has 0 aromatic rings. The van der Waals surface area contributed by atoms with Gasteiger partial charge in [0.1, 0.15) is 0 Å². The molecule has 0 unspecified atom stereocenters. The highest BCUT2D eigenvalue weighted by Gasteiger charge is 2.26. The van der Waals surface area contributed by atoms with Crippen LogP contribution in [0.5, 0.6) is 0 Å². The van der Waals surface area contributed by atoms with Gasteiger partial charge in [-0.05, 0) is 25.7 Å². The summed E-state index contributed by atoms with van der Waals surface area (Å²) in [5.41, 5.74) is 0. The highest BCUT2D eigenvalue weighted by atomic mass is 15.4. The van der Waals surface area contributed by atoms with Crippen LogP contribution in [0.3, 0.4) is 0 Å². The molecular formula is C14H27N3. The molecule has 2 fully saturated rings. The number of rotatable bonds is 2. The zero-order valence-electron chi connectivity index (χ0n) is 11.2. The summed E-state index contributed by atoms with van der Waals surface area (Å²) >= 11 is 0. The first kappa shape index (κ1) is 14.5. The monoisotopic (exact) mass is 237 g/mol. The standard InChI is InChI=1S/C12H24N2.C2H3N/c13-14(11-7-3-1-4-8-11)12-9-5-2-6-10-12;1-2-3/h11-12H,1-10,13H2;1H3. The molecule has 3 heteroatoms. The van der Waals surface area contributed by atoms with Crippen molar-refractivity contribution in [2.24, 2.45) is 5.84 Å². The topological polar surface area (TPSA) is 53.1 Å². The van der Waals surface area contributed by atoms with Crippen molar-refractivity contribution in [2.75, 3.05) is 0 Å². The summed E-state index contributed by atoms with van der Waals surface area (Å²) in [6.07, 6.45) is 13.8. The van der Waals surface area contributed by atoms with E-state index in [2.05, 4.69) is 5.01 Å². The second-order valence-electron chi connectivity index (χ2n) is 5.25. The predicted molar refractivity (Wildman–Crippen MR) is 71.1 cm³/mol. The highest BCUT2D eigenvalue weighted by molar-refractivity contribution is 4.80. The van der Waals surface area contributed by atoms with Crippen molar-refractivity contribution in [3.05, 3.63) is 0 Å². The third kappa shape index (κ3) is 5.06. The molecule has 0 bridgehead atoms. The van der Waals surface area contributed by atoms with Gasteiger partial charge in [-0.25, -0.2) is 5.01 Å². The van der Waals surface area contributed by atoms with Crippen LogP contribution in [0.2, 0.25) is 0 Å². The Bertz CT molecular complexity index is 204. The van der Waals surface area contributed by atoms with Gasteiger partial charge in [-0.1, -0.05) is 38.5 Å². The second kappa shape index (κ2) is 8.49. The lowest BCUT2D eigenvalue weighted by atomic mass is 9.90. The molecule has 0 radical (unpaired) electrons. The summed E-state index contributed by atoms with van der Waals surface area (Å²) < 4.78 is 0. The summed E-state index contributed by atoms with van der Waals surface area (Å²) in [7, 11) is 0. The van der Waals surface area contributed by atoms with Gasteiger partial charge in [-0.2, -0.15) is 5.26 Å². The molecule has 0 saturated heterocycles. The number of hydrogen-bond donors (Lipinski definition) is 1. The van der Waals surface area contributed by atoms with E-state index in [1.165, 1.54) is 71.1 Å². The SMILES string of the molecule is CC#N.NN(C1CCCCC1)C1CCCCC1. The highest BCUT2D eigenvalue weighted by Crippen LogP contribution is 2.27. The Labute approximate surface area is 106 Å². The molecule has 3 nitrogen and oxygen atoms in total. The number of nitrogens with two attached hydrogens (primary N) is 1. The molecule has 0 spiro atoms. The minimum atomic E-state index is 0.701. The van der Waals surface area contributed by atoms with Crippen LogP contribution >= 0.6 is 0 Å². The maximum atomic E-state index is 7.32. The van der Waals surface area contributed by atoms with Crippen LogP contribution in [0.1, 0.15) is 71.1 Å². The number of hydrogen-bond acceptors (Lipinski definition) is 3. The summed E-state index contributed by atoms with van der Waals surface area (Å²) in [4.78, 5) is 0. The van der Waals surface area contributed by atoms with Crippen LogP contribution in [0.25, 0.3) is 0 Å². The van der Waals surface area contributed by atoms with Crippen molar-refractivity contribution < 1.29 is 0 Å². The molecule has 0 atom stereocenters. The largest absolute Gasteiger partial charge is 0.268 e. The van der Waals surface area contributed by atoms with Crippen molar-refractivity contribution in [1.29, 1.82) is 5.26 Å². The first-order valence-electron chi connectivity index (χ1n) is 7.13. The molecule has 2 aliphatic carbocycles. The molecule has 2 saturated carbocycles. The van der Waals surface area contributed by atoms with Gasteiger partial charge in [-0.3, -0.25) is 5.84 Å². The molecule has 0 aliphatic heterocycles. The lowest BCUT2D eigenvalue weighted by Gasteiger charge is -2.38. The van der Waals surface area contributed by atoms with Crippen LogP contribution in [0.4, 0.5) is 0 Å². The Morgan fingerprint density at radius 2 is 1.18 bits per heavy atom. The lowest BCUT2D eigenvalue weighted by molar-refractivity contribution is 0.0814. The van der Waals surface area contributed by atoms with Gasteiger partial charge in [-0.15, -0.1) is 0 Å². The van der Waals surface area contributed by atoms with Gasteiger partial charge < -0.3 is 0 Å². The first-order valence-corrected chi connectivity index (χ1v) is 7.13. The van der Waals surface area contributed by atoms with E-state index < -0.39 is 0 Å². The lowest BCUT2D eigenvalue weighted by Crippen LogP contribution is -2.49. The third-order valence-electron chi connectivity index (χ3n) is 3.99. The summed E-state index contributed by atoms with van der Waals surface area (Å²) in [6, 6.07) is 3.15. The van der Waals surface area contributed by atoms with E-state index in [1.807, 2.05) is 0 Å². The summed E-state index contributed by atoms with van der Waals surface area (Å²) in [6.45, 7) is 1.43. The van der Waals surface area contributed by atoms with E-state index in [1.54, 1.807) is 6.07 Å². The van der Waals surface area contributed by atoms with Gasteiger partial charge in [0.05, 0.1) is 6.07 Å². The van der Waals surface area contributed by atoms with Crippen LogP contribution < -0.4 is 5.84 Å². The van der Waals surface area contributed by atoms with Crippen molar-refractivity contribution in [3.8, 4) is 6.07 Å². The normalized spacial score (nSPS) is 22.7. The summed E-state index contributed by atoms with van der Waals surface area (Å²) in [5.74, 6) is 6.26. The average molecular weight is 237 g/mol. The average Bonchev–Trinajstić information content (AvgIpc) is 2.41. The first-order chi connectivity index (χ1) is 8.29. The molecule has 0 amide bonds. The van der Waals surface area contributed by atoms with Crippen molar-refractivity contribution in [3.63, 3.8) is 0 Å². The maximum absolute atomic E-state index is 7.32. The smallest absolute Gasteiger partial charge is 0.0587 e. The Balaban J connectivity index is 0.000000437. The van der Waals surface area contributed by atoms with Crippen molar-refractivity contribution in [1.82, 2.24) is 5.01 Å². The molecule has 0 heterocycles. The number of hydrazine groups is 1. The minimum absolute atomic E-state index is 0.701. The van der Waals surface area contributed by atoms with E-state index in [9.17, 15) is 0 Å². The Morgan fingerprint density at radius 3 is 1.47 bits per heavy atom. The van der Waals surface area contributed by atoms with E-state index in [-0.39, 0.29) is 0 Å². The second-order valence-corrected chi connectivity index (χ2v) is 5.25. The molecule has 2 aliphatic rings. The molecule has 2 rings (SSSR count). The maximum Gasteiger partial charge on any atom is 0.0587 e. The number of nitriles is 1. The van der Waals surface area contributed by atoms with Crippen LogP contribution in [0.15, 0.2) is 0 Å². The van der Waals surface area contributed by atoms with Crippen LogP contribution in [-0.2, 0) is 0 Å². The van der Waals surface area contributed by atoms with Gasteiger partial charge in [0.15, 0.2) is 0 Å². The molecule has 2 N–H and O–H groups in total. The third-order valence-corrected chi connectivity index (χ3v) is 3.99. The molecule has 0 aromatic carbocycles. The quantitative estimate of drug-likeness (QED) is 0.592. The fraction of sp³-hybridized carbons (Fsp3) is 0.929. The van der Waals surface area contributed by atoms with Gasteiger partial charge in [0.25, 0.3) is 0 Å². The van der Waals surface area contributed by atoms with E-state index >= 15 is 0 Å². The fourth-order valence-electron chi connectivity index (χ4n) is 3.06. The van der Waals surface area contributed by atoms with Crippen molar-refractivity contribution >= 4 is 0 Å². The van der Waals surface area contributed by atoms with Crippen LogP contribution in [-0.4, -0.2) is 17.1 Å². The summed E-state index contributed by atoms with van der Waals surface area (Å²) in [5, 5.41) is 9.54. The van der Waals surface area contributed by atoms with Gasteiger partial charge in [0, 0.05) is 19.0 Å². The zero-order valence-corrected chi connectivity index (χ0v) is 11.2. The Hall–Kier alpha value is -0.590. The number of nitrogens with zero attached hydrogens (tertiary/aromatic N) is 2. The minimum Gasteiger partial charge on any atom is -0.268 e. The van der Waals surface area contributed by atoms with Crippen molar-refractivity contribution in [2.45, 2.75) is 83.2 Å². The van der Waals surface area contributed by atoms with Crippen LogP contribution in [0, 0.1) is 11.3 Å².